The fourth-order valence-electron chi connectivity index (χ4n) is 5.04. The van der Waals surface area contributed by atoms with Crippen LogP contribution in [-0.4, -0.2) is 71.7 Å². The first-order chi connectivity index (χ1) is 16.4. The zero-order valence-electron chi connectivity index (χ0n) is 20.7. The van der Waals surface area contributed by atoms with Gasteiger partial charge in [-0.1, -0.05) is 18.5 Å². The molecule has 1 atom stereocenters. The molecule has 1 amide bonds. The van der Waals surface area contributed by atoms with Crippen LogP contribution in [0.5, 0.6) is 5.75 Å². The molecule has 0 spiro atoms. The van der Waals surface area contributed by atoms with Gasteiger partial charge >= 0.3 is 0 Å². The molecule has 186 valence electrons. The van der Waals surface area contributed by atoms with Crippen LogP contribution in [0.25, 0.3) is 0 Å². The van der Waals surface area contributed by atoms with E-state index in [1.54, 1.807) is 0 Å². The first-order valence-electron chi connectivity index (χ1n) is 12.4. The smallest absolute Gasteiger partial charge is 0.223 e. The van der Waals surface area contributed by atoms with Crippen molar-refractivity contribution in [1.29, 1.82) is 0 Å². The summed E-state index contributed by atoms with van der Waals surface area (Å²) in [6, 6.07) is 5.75. The van der Waals surface area contributed by atoms with Gasteiger partial charge in [-0.15, -0.1) is 0 Å². The van der Waals surface area contributed by atoms with Crippen molar-refractivity contribution in [2.75, 3.05) is 46.0 Å². The fraction of sp³-hybridized carbons (Fsp3) is 0.615. The highest BCUT2D eigenvalue weighted by atomic mass is 35.5. The quantitative estimate of drug-likeness (QED) is 0.604. The third kappa shape index (κ3) is 6.12. The van der Waals surface area contributed by atoms with Crippen LogP contribution in [0.2, 0.25) is 5.02 Å². The van der Waals surface area contributed by atoms with Crippen LogP contribution < -0.4 is 4.74 Å². The van der Waals surface area contributed by atoms with Gasteiger partial charge < -0.3 is 19.4 Å². The molecule has 8 heteroatoms. The molecule has 3 heterocycles. The fourth-order valence-corrected chi connectivity index (χ4v) is 5.16. The van der Waals surface area contributed by atoms with Gasteiger partial charge in [0.15, 0.2) is 0 Å². The Morgan fingerprint density at radius 3 is 2.76 bits per heavy atom. The molecule has 1 aromatic heterocycles. The molecule has 2 aliphatic rings. The molecular weight excluding hydrogens is 452 g/mol. The molecular formula is C26H37ClN4O3. The van der Waals surface area contributed by atoms with Crippen molar-refractivity contribution < 1.29 is 14.3 Å². The molecule has 2 saturated heterocycles. The third-order valence-electron chi connectivity index (χ3n) is 7.05. The van der Waals surface area contributed by atoms with Crippen molar-refractivity contribution >= 4 is 17.5 Å². The number of aromatic nitrogens is 2. The van der Waals surface area contributed by atoms with Gasteiger partial charge in [0.25, 0.3) is 0 Å². The highest BCUT2D eigenvalue weighted by molar-refractivity contribution is 6.31. The van der Waals surface area contributed by atoms with E-state index in [9.17, 15) is 4.79 Å². The summed E-state index contributed by atoms with van der Waals surface area (Å²) in [5.41, 5.74) is 2.97. The minimum atomic E-state index is -0.251. The first kappa shape index (κ1) is 25.0. The van der Waals surface area contributed by atoms with Gasteiger partial charge in [-0.25, -0.2) is 4.98 Å². The molecule has 7 nitrogen and oxygen atoms in total. The number of carbonyl (C=O) groups is 1. The van der Waals surface area contributed by atoms with Gasteiger partial charge in [0.05, 0.1) is 25.5 Å². The van der Waals surface area contributed by atoms with Crippen molar-refractivity contribution in [3.05, 3.63) is 46.0 Å². The summed E-state index contributed by atoms with van der Waals surface area (Å²) < 4.78 is 11.8. The molecule has 0 saturated carbocycles. The largest absolute Gasteiger partial charge is 0.493 e. The second-order valence-corrected chi connectivity index (χ2v) is 10.2. The van der Waals surface area contributed by atoms with E-state index >= 15 is 0 Å². The Balaban J connectivity index is 1.50. The van der Waals surface area contributed by atoms with E-state index in [0.29, 0.717) is 39.3 Å². The molecule has 1 aromatic carbocycles. The summed E-state index contributed by atoms with van der Waals surface area (Å²) in [6.07, 6.45) is 3.37. The number of hydrogen-bond donors (Lipinski definition) is 1. The maximum Gasteiger partial charge on any atom is 0.223 e. The van der Waals surface area contributed by atoms with E-state index in [2.05, 4.69) is 23.7 Å². The number of piperidine rings is 1. The highest BCUT2D eigenvalue weighted by Crippen LogP contribution is 2.36. The number of likely N-dealkylation sites (tertiary alicyclic amines) is 1. The molecule has 0 bridgehead atoms. The Hall–Kier alpha value is -2.09. The Kier molecular flexibility index (Phi) is 8.17. The zero-order valence-corrected chi connectivity index (χ0v) is 21.4. The predicted molar refractivity (Wildman–Crippen MR) is 133 cm³/mol. The number of aryl methyl sites for hydroxylation is 3. The monoisotopic (exact) mass is 488 g/mol. The van der Waals surface area contributed by atoms with Gasteiger partial charge in [0.2, 0.25) is 5.91 Å². The molecule has 0 radical (unpaired) electrons. The van der Waals surface area contributed by atoms with Gasteiger partial charge in [-0.2, -0.15) is 0 Å². The molecule has 0 aliphatic carbocycles. The van der Waals surface area contributed by atoms with Crippen molar-refractivity contribution in [3.63, 3.8) is 0 Å². The highest BCUT2D eigenvalue weighted by Gasteiger charge is 2.40. The van der Waals surface area contributed by atoms with E-state index in [4.69, 9.17) is 26.1 Å². The van der Waals surface area contributed by atoms with Gasteiger partial charge in [-0.3, -0.25) is 9.69 Å². The average molecular weight is 489 g/mol. The standard InChI is InChI=1S/C26H37ClN4O3/c1-4-24-28-20(3)23(29-24)16-30-9-5-8-26(17-30,15-25(32)31-10-12-33-13-11-31)18-34-21-6-7-22(27)19(2)14-21/h6-7,14H,4-5,8-13,15-18H2,1-3H3,(H,28,29)/t26-/m0/s1. The number of hydrogen-bond acceptors (Lipinski definition) is 5. The second kappa shape index (κ2) is 11.1. The van der Waals surface area contributed by atoms with E-state index in [-0.39, 0.29) is 11.3 Å². The molecule has 34 heavy (non-hydrogen) atoms. The first-order valence-corrected chi connectivity index (χ1v) is 12.8. The number of morpholine rings is 1. The lowest BCUT2D eigenvalue weighted by Crippen LogP contribution is -2.50. The van der Waals surface area contributed by atoms with Gasteiger partial charge in [0.1, 0.15) is 11.6 Å². The molecule has 2 fully saturated rings. The van der Waals surface area contributed by atoms with Crippen LogP contribution in [0.3, 0.4) is 0 Å². The topological polar surface area (TPSA) is 70.7 Å². The van der Waals surface area contributed by atoms with E-state index in [1.807, 2.05) is 30.0 Å². The number of halogens is 1. The minimum absolute atomic E-state index is 0.199. The number of imidazole rings is 1. The zero-order chi connectivity index (χ0) is 24.1. The average Bonchev–Trinajstić information content (AvgIpc) is 3.20. The molecule has 2 aliphatic heterocycles. The summed E-state index contributed by atoms with van der Waals surface area (Å²) in [4.78, 5) is 25.9. The maximum absolute atomic E-state index is 13.3. The normalized spacial score (nSPS) is 21.6. The Morgan fingerprint density at radius 2 is 2.06 bits per heavy atom. The Morgan fingerprint density at radius 1 is 1.26 bits per heavy atom. The number of H-pyrrole nitrogens is 1. The molecule has 4 rings (SSSR count). The van der Waals surface area contributed by atoms with Crippen LogP contribution in [0.1, 0.15) is 49.0 Å². The number of nitrogens with zero attached hydrogens (tertiary/aromatic N) is 3. The van der Waals surface area contributed by atoms with Crippen molar-refractivity contribution in [1.82, 2.24) is 19.8 Å². The lowest BCUT2D eigenvalue weighted by molar-refractivity contribution is -0.139. The van der Waals surface area contributed by atoms with Crippen LogP contribution in [0.15, 0.2) is 18.2 Å². The Bertz CT molecular complexity index is 988. The number of ether oxygens (including phenoxy) is 2. The van der Waals surface area contributed by atoms with E-state index in [0.717, 1.165) is 72.4 Å². The molecule has 1 N–H and O–H groups in total. The maximum atomic E-state index is 13.3. The van der Waals surface area contributed by atoms with Gasteiger partial charge in [0, 0.05) is 55.2 Å². The second-order valence-electron chi connectivity index (χ2n) is 9.79. The lowest BCUT2D eigenvalue weighted by Gasteiger charge is -2.43. The van der Waals surface area contributed by atoms with Crippen LogP contribution >= 0.6 is 11.6 Å². The summed E-state index contributed by atoms with van der Waals surface area (Å²) >= 11 is 6.20. The Labute approximate surface area is 207 Å². The summed E-state index contributed by atoms with van der Waals surface area (Å²) in [7, 11) is 0. The number of rotatable bonds is 8. The van der Waals surface area contributed by atoms with Crippen molar-refractivity contribution in [3.8, 4) is 5.75 Å². The minimum Gasteiger partial charge on any atom is -0.493 e. The van der Waals surface area contributed by atoms with Crippen molar-refractivity contribution in [2.45, 2.75) is 53.0 Å². The lowest BCUT2D eigenvalue weighted by atomic mass is 9.77. The number of carbonyl (C=O) groups excluding carboxylic acids is 1. The number of amides is 1. The van der Waals surface area contributed by atoms with E-state index in [1.165, 1.54) is 0 Å². The molecule has 2 aromatic rings. The molecule has 0 unspecified atom stereocenters. The third-order valence-corrected chi connectivity index (χ3v) is 7.47. The van der Waals surface area contributed by atoms with Crippen LogP contribution in [0, 0.1) is 19.3 Å². The van der Waals surface area contributed by atoms with E-state index < -0.39 is 0 Å². The number of nitrogens with one attached hydrogen (secondary N) is 1. The van der Waals surface area contributed by atoms with Crippen LogP contribution in [0.4, 0.5) is 0 Å². The predicted octanol–water partition coefficient (Wildman–Crippen LogP) is 4.15. The summed E-state index contributed by atoms with van der Waals surface area (Å²) in [6.45, 7) is 11.8. The summed E-state index contributed by atoms with van der Waals surface area (Å²) in [5, 5.41) is 0.731. The summed E-state index contributed by atoms with van der Waals surface area (Å²) in [5.74, 6) is 2.03. The number of benzene rings is 1. The SMILES string of the molecule is CCc1nc(CN2CCC[C@](COc3ccc(Cl)c(C)c3)(CC(=O)N3CCOCC3)C2)c(C)[nH]1. The number of aromatic amines is 1. The van der Waals surface area contributed by atoms with Crippen molar-refractivity contribution in [2.24, 2.45) is 5.41 Å². The van der Waals surface area contributed by atoms with Crippen LogP contribution in [-0.2, 0) is 22.5 Å². The van der Waals surface area contributed by atoms with Gasteiger partial charge in [-0.05, 0) is 57.0 Å².